The first-order chi connectivity index (χ1) is 5.75. The van der Waals surface area contributed by atoms with E-state index >= 15 is 0 Å². The van der Waals surface area contributed by atoms with Crippen LogP contribution in [-0.4, -0.2) is 18.5 Å². The number of amides is 1. The maximum atomic E-state index is 11.4. The average Bonchev–Trinajstić information content (AvgIpc) is 1.96. The van der Waals surface area contributed by atoms with Gasteiger partial charge in [-0.15, -0.1) is 0 Å². The van der Waals surface area contributed by atoms with Gasteiger partial charge in [-0.3, -0.25) is 4.79 Å². The van der Waals surface area contributed by atoms with E-state index in [0.717, 1.165) is 5.57 Å². The van der Waals surface area contributed by atoms with Gasteiger partial charge in [0.15, 0.2) is 0 Å². The summed E-state index contributed by atoms with van der Waals surface area (Å²) in [6, 6.07) is -0.466. The maximum absolute atomic E-state index is 11.4. The normalized spacial score (nSPS) is 13.6. The van der Waals surface area contributed by atoms with Gasteiger partial charge in [0, 0.05) is 6.54 Å². The molecule has 0 saturated carbocycles. The molecule has 3 heteroatoms. The largest absolute Gasteiger partial charge is 0.351 e. The zero-order valence-electron chi connectivity index (χ0n) is 8.98. The average molecular weight is 184 g/mol. The Morgan fingerprint density at radius 1 is 1.54 bits per heavy atom. The Morgan fingerprint density at radius 2 is 2.00 bits per heavy atom. The van der Waals surface area contributed by atoms with E-state index in [4.69, 9.17) is 5.73 Å². The lowest BCUT2D eigenvalue weighted by Gasteiger charge is -2.25. The van der Waals surface area contributed by atoms with Gasteiger partial charge >= 0.3 is 0 Å². The highest BCUT2D eigenvalue weighted by Gasteiger charge is 2.26. The minimum atomic E-state index is -0.466. The molecule has 0 spiro atoms. The molecule has 0 bridgehead atoms. The van der Waals surface area contributed by atoms with Crippen LogP contribution in [0.15, 0.2) is 12.2 Å². The number of nitrogens with two attached hydrogens (primary N) is 1. The van der Waals surface area contributed by atoms with Gasteiger partial charge in [-0.2, -0.15) is 0 Å². The summed E-state index contributed by atoms with van der Waals surface area (Å²) in [6.07, 6.45) is 0. The fourth-order valence-corrected chi connectivity index (χ4v) is 0.741. The summed E-state index contributed by atoms with van der Waals surface area (Å²) >= 11 is 0. The second kappa shape index (κ2) is 4.42. The monoisotopic (exact) mass is 184 g/mol. The van der Waals surface area contributed by atoms with Crippen molar-refractivity contribution in [1.82, 2.24) is 5.32 Å². The molecule has 0 aromatic rings. The van der Waals surface area contributed by atoms with Crippen LogP contribution in [0.25, 0.3) is 0 Å². The Bertz CT molecular complexity index is 203. The third kappa shape index (κ3) is 4.68. The van der Waals surface area contributed by atoms with Crippen LogP contribution in [0.4, 0.5) is 0 Å². The Hall–Kier alpha value is -0.830. The summed E-state index contributed by atoms with van der Waals surface area (Å²) in [5.74, 6) is -0.115. The predicted molar refractivity (Wildman–Crippen MR) is 55.3 cm³/mol. The zero-order valence-corrected chi connectivity index (χ0v) is 8.98. The molecule has 0 aliphatic carbocycles. The Morgan fingerprint density at radius 3 is 2.31 bits per heavy atom. The van der Waals surface area contributed by atoms with Gasteiger partial charge in [0.2, 0.25) is 5.91 Å². The lowest BCUT2D eigenvalue weighted by molar-refractivity contribution is -0.124. The molecule has 13 heavy (non-hydrogen) atoms. The number of carbonyl (C=O) groups is 1. The highest BCUT2D eigenvalue weighted by atomic mass is 16.2. The van der Waals surface area contributed by atoms with E-state index in [1.807, 2.05) is 27.7 Å². The minimum Gasteiger partial charge on any atom is -0.351 e. The van der Waals surface area contributed by atoms with Crippen LogP contribution >= 0.6 is 0 Å². The smallest absolute Gasteiger partial charge is 0.237 e. The number of carbonyl (C=O) groups excluding carboxylic acids is 1. The van der Waals surface area contributed by atoms with E-state index in [1.165, 1.54) is 0 Å². The number of rotatable bonds is 3. The summed E-state index contributed by atoms with van der Waals surface area (Å²) in [5, 5.41) is 2.72. The van der Waals surface area contributed by atoms with Gasteiger partial charge in [-0.1, -0.05) is 32.9 Å². The molecular formula is C10H20N2O. The van der Waals surface area contributed by atoms with E-state index in [9.17, 15) is 4.79 Å². The van der Waals surface area contributed by atoms with Crippen LogP contribution in [0.5, 0.6) is 0 Å². The minimum absolute atomic E-state index is 0.115. The second-order valence-corrected chi connectivity index (χ2v) is 4.52. The zero-order chi connectivity index (χ0) is 10.6. The van der Waals surface area contributed by atoms with Crippen molar-refractivity contribution in [3.05, 3.63) is 12.2 Å². The van der Waals surface area contributed by atoms with Gasteiger partial charge in [0.05, 0.1) is 6.04 Å². The van der Waals surface area contributed by atoms with Crippen LogP contribution in [-0.2, 0) is 4.79 Å². The van der Waals surface area contributed by atoms with Gasteiger partial charge < -0.3 is 11.1 Å². The number of nitrogens with one attached hydrogen (secondary N) is 1. The molecule has 0 rings (SSSR count). The molecule has 3 N–H and O–H groups in total. The van der Waals surface area contributed by atoms with E-state index in [0.29, 0.717) is 6.54 Å². The van der Waals surface area contributed by atoms with Crippen LogP contribution < -0.4 is 11.1 Å². The molecule has 0 saturated heterocycles. The lowest BCUT2D eigenvalue weighted by atomic mass is 9.87. The molecule has 0 aromatic carbocycles. The quantitative estimate of drug-likeness (QED) is 0.644. The highest BCUT2D eigenvalue weighted by Crippen LogP contribution is 2.16. The summed E-state index contributed by atoms with van der Waals surface area (Å²) < 4.78 is 0. The third-order valence-electron chi connectivity index (χ3n) is 1.78. The van der Waals surface area contributed by atoms with E-state index in [1.54, 1.807) is 0 Å². The van der Waals surface area contributed by atoms with Crippen LogP contribution in [0.1, 0.15) is 27.7 Å². The van der Waals surface area contributed by atoms with Gasteiger partial charge in [-0.05, 0) is 12.3 Å². The molecule has 0 heterocycles. The van der Waals surface area contributed by atoms with Crippen molar-refractivity contribution in [2.45, 2.75) is 33.7 Å². The maximum Gasteiger partial charge on any atom is 0.237 e. The van der Waals surface area contributed by atoms with Crippen molar-refractivity contribution in [2.24, 2.45) is 11.1 Å². The summed E-state index contributed by atoms with van der Waals surface area (Å²) in [5.41, 5.74) is 6.47. The Kier molecular flexibility index (Phi) is 4.14. The molecule has 0 unspecified atom stereocenters. The number of hydrogen-bond acceptors (Lipinski definition) is 2. The van der Waals surface area contributed by atoms with E-state index in [-0.39, 0.29) is 11.3 Å². The standard InChI is InChI=1S/C10H20N2O/c1-7(2)6-12-9(13)8(11)10(3,4)5/h8H,1,6,11H2,2-5H3,(H,12,13)/t8-/m0/s1. The van der Waals surface area contributed by atoms with Crippen molar-refractivity contribution in [1.29, 1.82) is 0 Å². The van der Waals surface area contributed by atoms with E-state index in [2.05, 4.69) is 11.9 Å². The molecule has 0 aliphatic rings. The molecule has 1 amide bonds. The molecule has 3 nitrogen and oxygen atoms in total. The summed E-state index contributed by atoms with van der Waals surface area (Å²) in [4.78, 5) is 11.4. The first kappa shape index (κ1) is 12.2. The Labute approximate surface area is 80.4 Å². The van der Waals surface area contributed by atoms with Crippen molar-refractivity contribution >= 4 is 5.91 Å². The van der Waals surface area contributed by atoms with Crippen molar-refractivity contribution in [3.63, 3.8) is 0 Å². The van der Waals surface area contributed by atoms with Gasteiger partial charge in [-0.25, -0.2) is 0 Å². The first-order valence-corrected chi connectivity index (χ1v) is 4.43. The van der Waals surface area contributed by atoms with Gasteiger partial charge in [0.1, 0.15) is 0 Å². The van der Waals surface area contributed by atoms with Crippen LogP contribution in [0.2, 0.25) is 0 Å². The predicted octanol–water partition coefficient (Wildman–Crippen LogP) is 1.05. The topological polar surface area (TPSA) is 55.1 Å². The molecule has 0 fully saturated rings. The van der Waals surface area contributed by atoms with E-state index < -0.39 is 6.04 Å². The molecule has 76 valence electrons. The first-order valence-electron chi connectivity index (χ1n) is 4.43. The molecule has 0 aliphatic heterocycles. The van der Waals surface area contributed by atoms with Crippen LogP contribution in [0.3, 0.4) is 0 Å². The second-order valence-electron chi connectivity index (χ2n) is 4.52. The van der Waals surface area contributed by atoms with Crippen molar-refractivity contribution < 1.29 is 4.79 Å². The Balaban J connectivity index is 4.05. The SMILES string of the molecule is C=C(C)CNC(=O)[C@H](N)C(C)(C)C. The fourth-order valence-electron chi connectivity index (χ4n) is 0.741. The number of hydrogen-bond donors (Lipinski definition) is 2. The van der Waals surface area contributed by atoms with Crippen LogP contribution in [0, 0.1) is 5.41 Å². The van der Waals surface area contributed by atoms with Crippen molar-refractivity contribution in [2.75, 3.05) is 6.54 Å². The molecule has 0 radical (unpaired) electrons. The highest BCUT2D eigenvalue weighted by molar-refractivity contribution is 5.82. The third-order valence-corrected chi connectivity index (χ3v) is 1.78. The molecule has 0 aromatic heterocycles. The lowest BCUT2D eigenvalue weighted by Crippen LogP contribution is -2.48. The molecule has 1 atom stereocenters. The summed E-state index contributed by atoms with van der Waals surface area (Å²) in [6.45, 7) is 11.9. The summed E-state index contributed by atoms with van der Waals surface area (Å²) in [7, 11) is 0. The van der Waals surface area contributed by atoms with Gasteiger partial charge in [0.25, 0.3) is 0 Å². The van der Waals surface area contributed by atoms with Crippen molar-refractivity contribution in [3.8, 4) is 0 Å². The molecular weight excluding hydrogens is 164 g/mol. The fraction of sp³-hybridized carbons (Fsp3) is 0.700.